The molecule has 0 radical (unpaired) electrons. The second-order valence-electron chi connectivity index (χ2n) is 5.04. The average molecular weight is 339 g/mol. The van der Waals surface area contributed by atoms with Crippen LogP contribution in [0.15, 0.2) is 60.0 Å². The second-order valence-corrected chi connectivity index (χ2v) is 5.90. The van der Waals surface area contributed by atoms with Gasteiger partial charge in [0, 0.05) is 22.7 Å². The molecule has 1 amide bonds. The molecule has 0 aliphatic carbocycles. The van der Waals surface area contributed by atoms with Crippen LogP contribution in [-0.2, 0) is 4.79 Å². The number of rotatable bonds is 4. The fraction of sp³-hybridized carbons (Fsp3) is 0. The summed E-state index contributed by atoms with van der Waals surface area (Å²) in [4.78, 5) is 16.3. The first-order valence-electron chi connectivity index (χ1n) is 7.16. The molecular weight excluding hydrogens is 325 g/mol. The number of hydrogen-bond acceptors (Lipinski definition) is 4. The van der Waals surface area contributed by atoms with E-state index in [9.17, 15) is 9.18 Å². The Kier molecular flexibility index (Phi) is 4.67. The fourth-order valence-electron chi connectivity index (χ4n) is 2.05. The highest BCUT2D eigenvalue weighted by molar-refractivity contribution is 7.14. The third kappa shape index (κ3) is 4.05. The highest BCUT2D eigenvalue weighted by Crippen LogP contribution is 2.26. The van der Waals surface area contributed by atoms with Gasteiger partial charge in [-0.15, -0.1) is 11.3 Å². The van der Waals surface area contributed by atoms with Crippen molar-refractivity contribution in [1.29, 1.82) is 0 Å². The lowest BCUT2D eigenvalue weighted by Gasteiger charge is -1.98. The first kappa shape index (κ1) is 15.9. The molecule has 0 bridgehead atoms. The van der Waals surface area contributed by atoms with Crippen molar-refractivity contribution in [1.82, 2.24) is 4.98 Å². The molecule has 1 aromatic heterocycles. The molecule has 0 unspecified atom stereocenters. The lowest BCUT2D eigenvalue weighted by Crippen LogP contribution is -2.07. The molecule has 3 rings (SSSR count). The van der Waals surface area contributed by atoms with Crippen molar-refractivity contribution in [3.8, 4) is 11.3 Å². The Morgan fingerprint density at radius 1 is 1.21 bits per heavy atom. The van der Waals surface area contributed by atoms with Gasteiger partial charge in [0.15, 0.2) is 5.13 Å². The normalized spacial score (nSPS) is 10.9. The van der Waals surface area contributed by atoms with Crippen LogP contribution in [0, 0.1) is 5.82 Å². The predicted octanol–water partition coefficient (Wildman–Crippen LogP) is 4.18. The van der Waals surface area contributed by atoms with Crippen LogP contribution >= 0.6 is 11.3 Å². The zero-order valence-electron chi connectivity index (χ0n) is 12.6. The molecule has 120 valence electrons. The van der Waals surface area contributed by atoms with Crippen LogP contribution in [0.25, 0.3) is 17.3 Å². The first-order valence-corrected chi connectivity index (χ1v) is 8.04. The molecule has 3 aromatic rings. The number of benzene rings is 2. The van der Waals surface area contributed by atoms with Gasteiger partial charge in [-0.2, -0.15) is 0 Å². The van der Waals surface area contributed by atoms with E-state index in [2.05, 4.69) is 10.3 Å². The van der Waals surface area contributed by atoms with Crippen LogP contribution in [0.2, 0.25) is 0 Å². The largest absolute Gasteiger partial charge is 0.399 e. The highest BCUT2D eigenvalue weighted by atomic mass is 32.1. The Morgan fingerprint density at radius 3 is 2.75 bits per heavy atom. The summed E-state index contributed by atoms with van der Waals surface area (Å²) in [5, 5.41) is 5.06. The summed E-state index contributed by atoms with van der Waals surface area (Å²) in [6.07, 6.45) is 3.00. The van der Waals surface area contributed by atoms with E-state index < -0.39 is 0 Å². The molecule has 1 heterocycles. The van der Waals surface area contributed by atoms with E-state index in [0.717, 1.165) is 16.8 Å². The molecule has 2 aromatic carbocycles. The van der Waals surface area contributed by atoms with Crippen LogP contribution in [-0.4, -0.2) is 10.9 Å². The average Bonchev–Trinajstić information content (AvgIpc) is 3.03. The lowest BCUT2D eigenvalue weighted by atomic mass is 10.1. The van der Waals surface area contributed by atoms with E-state index >= 15 is 0 Å². The maximum absolute atomic E-state index is 12.8. The number of aromatic nitrogens is 1. The number of amides is 1. The van der Waals surface area contributed by atoms with Crippen molar-refractivity contribution >= 4 is 34.1 Å². The van der Waals surface area contributed by atoms with Crippen LogP contribution in [0.3, 0.4) is 0 Å². The molecular formula is C18H14FN3OS. The van der Waals surface area contributed by atoms with Gasteiger partial charge in [-0.25, -0.2) is 9.37 Å². The van der Waals surface area contributed by atoms with E-state index in [1.165, 1.54) is 29.5 Å². The van der Waals surface area contributed by atoms with Crippen LogP contribution in [0.4, 0.5) is 15.2 Å². The van der Waals surface area contributed by atoms with Gasteiger partial charge in [-0.05, 0) is 35.9 Å². The van der Waals surface area contributed by atoms with E-state index in [-0.39, 0.29) is 11.7 Å². The molecule has 6 heteroatoms. The third-order valence-corrected chi connectivity index (χ3v) is 3.97. The molecule has 0 fully saturated rings. The third-order valence-electron chi connectivity index (χ3n) is 3.21. The van der Waals surface area contributed by atoms with E-state index in [0.29, 0.717) is 10.8 Å². The Labute approximate surface area is 142 Å². The molecule has 0 aliphatic rings. The minimum absolute atomic E-state index is 0.298. The number of nitrogens with zero attached hydrogens (tertiary/aromatic N) is 1. The number of anilines is 2. The van der Waals surface area contributed by atoms with E-state index in [1.54, 1.807) is 24.3 Å². The second kappa shape index (κ2) is 7.06. The van der Waals surface area contributed by atoms with Gasteiger partial charge in [0.2, 0.25) is 5.91 Å². The number of nitrogens with one attached hydrogen (secondary N) is 1. The summed E-state index contributed by atoms with van der Waals surface area (Å²) in [7, 11) is 0. The first-order chi connectivity index (χ1) is 11.6. The Morgan fingerprint density at radius 2 is 2.00 bits per heavy atom. The van der Waals surface area contributed by atoms with Gasteiger partial charge < -0.3 is 5.73 Å². The Hall–Kier alpha value is -2.99. The molecule has 0 atom stereocenters. The summed E-state index contributed by atoms with van der Waals surface area (Å²) in [6.45, 7) is 0. The summed E-state index contributed by atoms with van der Waals surface area (Å²) in [6, 6.07) is 13.3. The van der Waals surface area contributed by atoms with Crippen molar-refractivity contribution < 1.29 is 9.18 Å². The summed E-state index contributed by atoms with van der Waals surface area (Å²) >= 11 is 1.33. The maximum atomic E-state index is 12.8. The smallest absolute Gasteiger partial charge is 0.250 e. The minimum Gasteiger partial charge on any atom is -0.399 e. The van der Waals surface area contributed by atoms with Crippen molar-refractivity contribution in [2.75, 3.05) is 11.1 Å². The zero-order valence-corrected chi connectivity index (χ0v) is 13.4. The van der Waals surface area contributed by atoms with Gasteiger partial charge in [-0.1, -0.05) is 24.3 Å². The number of nitrogens with two attached hydrogens (primary N) is 1. The van der Waals surface area contributed by atoms with Crippen LogP contribution < -0.4 is 11.1 Å². The molecule has 4 nitrogen and oxygen atoms in total. The highest BCUT2D eigenvalue weighted by Gasteiger charge is 2.06. The van der Waals surface area contributed by atoms with Gasteiger partial charge >= 0.3 is 0 Å². The van der Waals surface area contributed by atoms with Crippen LogP contribution in [0.5, 0.6) is 0 Å². The van der Waals surface area contributed by atoms with Gasteiger partial charge in [-0.3, -0.25) is 10.1 Å². The number of thiazole rings is 1. The Balaban J connectivity index is 1.66. The fourth-order valence-corrected chi connectivity index (χ4v) is 2.78. The number of halogens is 1. The molecule has 0 saturated heterocycles. The monoisotopic (exact) mass is 339 g/mol. The van der Waals surface area contributed by atoms with E-state index in [1.807, 2.05) is 23.6 Å². The number of hydrogen-bond donors (Lipinski definition) is 2. The van der Waals surface area contributed by atoms with Gasteiger partial charge in [0.25, 0.3) is 0 Å². The van der Waals surface area contributed by atoms with Crippen molar-refractivity contribution in [3.63, 3.8) is 0 Å². The molecule has 24 heavy (non-hydrogen) atoms. The van der Waals surface area contributed by atoms with Crippen molar-refractivity contribution in [2.24, 2.45) is 0 Å². The van der Waals surface area contributed by atoms with Crippen molar-refractivity contribution in [3.05, 3.63) is 71.4 Å². The quantitative estimate of drug-likeness (QED) is 0.553. The van der Waals surface area contributed by atoms with Crippen molar-refractivity contribution in [2.45, 2.75) is 0 Å². The predicted molar refractivity (Wildman–Crippen MR) is 96.0 cm³/mol. The number of carbonyl (C=O) groups is 1. The number of nitrogen functional groups attached to an aromatic ring is 1. The van der Waals surface area contributed by atoms with Crippen LogP contribution in [0.1, 0.15) is 5.56 Å². The number of carbonyl (C=O) groups excluding carboxylic acids is 1. The zero-order chi connectivity index (χ0) is 16.9. The minimum atomic E-state index is -0.312. The molecule has 0 saturated carbocycles. The summed E-state index contributed by atoms with van der Waals surface area (Å²) in [5.41, 5.74) is 8.81. The molecule has 0 aliphatic heterocycles. The molecule has 0 spiro atoms. The standard InChI is InChI=1S/C18H14FN3OS/c19-14-7-4-12(5-8-14)6-9-17(23)22-18-21-16(11-24-18)13-2-1-3-15(20)10-13/h1-11H,20H2,(H,21,22,23)/b9-6+. The van der Waals surface area contributed by atoms with Gasteiger partial charge in [0.05, 0.1) is 5.69 Å². The van der Waals surface area contributed by atoms with E-state index in [4.69, 9.17) is 5.73 Å². The summed E-state index contributed by atoms with van der Waals surface area (Å²) in [5.74, 6) is -0.610. The van der Waals surface area contributed by atoms with Gasteiger partial charge in [0.1, 0.15) is 5.82 Å². The summed E-state index contributed by atoms with van der Waals surface area (Å²) < 4.78 is 12.8. The Bertz CT molecular complexity index is 887. The maximum Gasteiger partial charge on any atom is 0.250 e. The molecule has 3 N–H and O–H groups in total. The topological polar surface area (TPSA) is 68.0 Å². The lowest BCUT2D eigenvalue weighted by molar-refractivity contribution is -0.111. The SMILES string of the molecule is Nc1cccc(-c2csc(NC(=O)/C=C/c3ccc(F)cc3)n2)c1.